The summed E-state index contributed by atoms with van der Waals surface area (Å²) < 4.78 is 6.71. The lowest BCUT2D eigenvalue weighted by Gasteiger charge is -2.35. The molecular weight excluding hydrogens is 480 g/mol. The SMILES string of the molecule is CCOC(=O)/C=C/c1cccc2ccnc(N(C(=O)c3ccc(-c4cn(C)nn4)cc3)[C@@H]3CCCNC3)c12. The van der Waals surface area contributed by atoms with E-state index in [0.29, 0.717) is 24.5 Å². The van der Waals surface area contributed by atoms with Crippen LogP contribution in [0.3, 0.4) is 0 Å². The minimum Gasteiger partial charge on any atom is -0.463 e. The summed E-state index contributed by atoms with van der Waals surface area (Å²) in [6, 6.07) is 15.1. The zero-order chi connectivity index (χ0) is 26.5. The Balaban J connectivity index is 1.57. The van der Waals surface area contributed by atoms with E-state index in [0.717, 1.165) is 47.0 Å². The van der Waals surface area contributed by atoms with Crippen LogP contribution in [0.15, 0.2) is 67.0 Å². The van der Waals surface area contributed by atoms with Gasteiger partial charge in [0.2, 0.25) is 0 Å². The van der Waals surface area contributed by atoms with E-state index in [1.807, 2.05) is 66.7 Å². The van der Waals surface area contributed by atoms with Gasteiger partial charge in [0.1, 0.15) is 11.5 Å². The van der Waals surface area contributed by atoms with Crippen LogP contribution < -0.4 is 10.2 Å². The molecule has 0 saturated carbocycles. The highest BCUT2D eigenvalue weighted by Crippen LogP contribution is 2.32. The maximum atomic E-state index is 14.1. The molecule has 2 aromatic carbocycles. The fourth-order valence-electron chi connectivity index (χ4n) is 4.80. The normalized spacial score (nSPS) is 15.6. The zero-order valence-corrected chi connectivity index (χ0v) is 21.5. The molecule has 9 heteroatoms. The van der Waals surface area contributed by atoms with Crippen molar-refractivity contribution < 1.29 is 14.3 Å². The van der Waals surface area contributed by atoms with Gasteiger partial charge >= 0.3 is 5.97 Å². The zero-order valence-electron chi connectivity index (χ0n) is 21.5. The number of esters is 1. The number of nitrogens with zero attached hydrogens (tertiary/aromatic N) is 5. The Bertz CT molecular complexity index is 1470. The fraction of sp³-hybridized carbons (Fsp3) is 0.276. The van der Waals surface area contributed by atoms with Crippen molar-refractivity contribution in [2.24, 2.45) is 7.05 Å². The number of nitrogens with one attached hydrogen (secondary N) is 1. The van der Waals surface area contributed by atoms with E-state index < -0.39 is 5.97 Å². The lowest BCUT2D eigenvalue weighted by Crippen LogP contribution is -2.49. The Hall–Kier alpha value is -4.37. The predicted molar refractivity (Wildman–Crippen MR) is 147 cm³/mol. The topological polar surface area (TPSA) is 102 Å². The minimum absolute atomic E-state index is 0.0730. The maximum absolute atomic E-state index is 14.1. The molecule has 3 heterocycles. The van der Waals surface area contributed by atoms with E-state index >= 15 is 0 Å². The van der Waals surface area contributed by atoms with Crippen molar-refractivity contribution in [2.75, 3.05) is 24.6 Å². The van der Waals surface area contributed by atoms with Gasteiger partial charge in [-0.15, -0.1) is 5.10 Å². The van der Waals surface area contributed by atoms with E-state index in [9.17, 15) is 9.59 Å². The van der Waals surface area contributed by atoms with Gasteiger partial charge in [0.05, 0.1) is 18.8 Å². The van der Waals surface area contributed by atoms with Gasteiger partial charge in [-0.25, -0.2) is 9.78 Å². The first-order valence-corrected chi connectivity index (χ1v) is 12.8. The number of benzene rings is 2. The smallest absolute Gasteiger partial charge is 0.330 e. The Morgan fingerprint density at radius 3 is 2.74 bits per heavy atom. The third-order valence-corrected chi connectivity index (χ3v) is 6.60. The van der Waals surface area contributed by atoms with E-state index in [4.69, 9.17) is 9.72 Å². The van der Waals surface area contributed by atoms with Crippen LogP contribution in [0, 0.1) is 0 Å². The average Bonchev–Trinajstić information content (AvgIpc) is 3.39. The molecule has 4 aromatic rings. The van der Waals surface area contributed by atoms with E-state index in [-0.39, 0.29) is 11.9 Å². The number of rotatable bonds is 7. The number of amides is 1. The first kappa shape index (κ1) is 25.3. The molecule has 0 aliphatic carbocycles. The van der Waals surface area contributed by atoms with E-state index in [2.05, 4.69) is 15.6 Å². The van der Waals surface area contributed by atoms with Gasteiger partial charge in [0.15, 0.2) is 0 Å². The molecule has 0 radical (unpaired) electrons. The molecule has 1 fully saturated rings. The Labute approximate surface area is 221 Å². The monoisotopic (exact) mass is 510 g/mol. The van der Waals surface area contributed by atoms with Crippen LogP contribution in [0.5, 0.6) is 0 Å². The quantitative estimate of drug-likeness (QED) is 0.296. The lowest BCUT2D eigenvalue weighted by molar-refractivity contribution is -0.137. The Kier molecular flexibility index (Phi) is 7.55. The van der Waals surface area contributed by atoms with Crippen LogP contribution in [0.4, 0.5) is 5.82 Å². The third kappa shape index (κ3) is 5.33. The van der Waals surface area contributed by atoms with Crippen LogP contribution >= 0.6 is 0 Å². The van der Waals surface area contributed by atoms with Crippen molar-refractivity contribution in [3.63, 3.8) is 0 Å². The van der Waals surface area contributed by atoms with Crippen molar-refractivity contribution in [3.05, 3.63) is 78.1 Å². The molecule has 1 aliphatic rings. The summed E-state index contributed by atoms with van der Waals surface area (Å²) in [5.41, 5.74) is 2.98. The van der Waals surface area contributed by atoms with Crippen LogP contribution in [0.2, 0.25) is 0 Å². The van der Waals surface area contributed by atoms with Crippen LogP contribution in [0.25, 0.3) is 28.1 Å². The highest BCUT2D eigenvalue weighted by Gasteiger charge is 2.30. The summed E-state index contributed by atoms with van der Waals surface area (Å²) in [4.78, 5) is 32.7. The second-order valence-electron chi connectivity index (χ2n) is 9.20. The lowest BCUT2D eigenvalue weighted by atomic mass is 10.00. The summed E-state index contributed by atoms with van der Waals surface area (Å²) in [6.45, 7) is 3.66. The first-order valence-electron chi connectivity index (χ1n) is 12.8. The first-order chi connectivity index (χ1) is 18.5. The Morgan fingerprint density at radius 2 is 2.03 bits per heavy atom. The highest BCUT2D eigenvalue weighted by molar-refractivity contribution is 6.12. The molecular formula is C29H30N6O3. The summed E-state index contributed by atoms with van der Waals surface area (Å²) in [6.07, 6.45) is 8.51. The number of pyridine rings is 1. The minimum atomic E-state index is -0.414. The van der Waals surface area contributed by atoms with E-state index in [1.165, 1.54) is 6.08 Å². The van der Waals surface area contributed by atoms with Crippen molar-refractivity contribution in [2.45, 2.75) is 25.8 Å². The molecule has 0 bridgehead atoms. The van der Waals surface area contributed by atoms with Crippen molar-refractivity contribution >= 4 is 34.5 Å². The number of hydrogen-bond donors (Lipinski definition) is 1. The fourth-order valence-corrected chi connectivity index (χ4v) is 4.80. The maximum Gasteiger partial charge on any atom is 0.330 e. The second-order valence-corrected chi connectivity index (χ2v) is 9.20. The predicted octanol–water partition coefficient (Wildman–Crippen LogP) is 4.01. The standard InChI is InChI=1S/C29H30N6O3/c1-3-38-26(36)14-13-21-6-4-7-22-15-17-31-28(27(21)22)35(24-8-5-16-30-18-24)29(37)23-11-9-20(10-12-23)25-19-34(2)33-32-25/h4,6-7,9-15,17,19,24,30H,3,5,8,16,18H2,1-2H3/b14-13+/t24-/m1/s1. The van der Waals surface area contributed by atoms with Gasteiger partial charge in [-0.05, 0) is 61.5 Å². The summed E-state index contributed by atoms with van der Waals surface area (Å²) in [7, 11) is 1.82. The Morgan fingerprint density at radius 1 is 1.18 bits per heavy atom. The molecule has 2 aromatic heterocycles. The van der Waals surface area contributed by atoms with Crippen LogP contribution in [-0.4, -0.2) is 57.6 Å². The number of anilines is 1. The van der Waals surface area contributed by atoms with Crippen LogP contribution in [-0.2, 0) is 16.6 Å². The number of ether oxygens (including phenoxy) is 1. The molecule has 194 valence electrons. The molecule has 1 N–H and O–H groups in total. The van der Waals surface area contributed by atoms with Crippen molar-refractivity contribution in [1.82, 2.24) is 25.3 Å². The van der Waals surface area contributed by atoms with Gasteiger partial charge in [-0.2, -0.15) is 0 Å². The van der Waals surface area contributed by atoms with Crippen molar-refractivity contribution in [3.8, 4) is 11.3 Å². The van der Waals surface area contributed by atoms with E-state index in [1.54, 1.807) is 23.9 Å². The summed E-state index contributed by atoms with van der Waals surface area (Å²) in [5.74, 6) is 0.0273. The van der Waals surface area contributed by atoms with Crippen molar-refractivity contribution in [1.29, 1.82) is 0 Å². The summed E-state index contributed by atoms with van der Waals surface area (Å²) in [5, 5.41) is 13.3. The molecule has 1 atom stereocenters. The number of aryl methyl sites for hydroxylation is 1. The molecule has 1 amide bonds. The molecule has 0 unspecified atom stereocenters. The molecule has 1 saturated heterocycles. The number of piperidine rings is 1. The molecule has 5 rings (SSSR count). The van der Waals surface area contributed by atoms with Gasteiger partial charge < -0.3 is 10.1 Å². The van der Waals surface area contributed by atoms with Gasteiger partial charge in [0.25, 0.3) is 5.91 Å². The molecule has 9 nitrogen and oxygen atoms in total. The average molecular weight is 511 g/mol. The van der Waals surface area contributed by atoms with Gasteiger partial charge in [0, 0.05) is 42.4 Å². The number of carbonyl (C=O) groups is 2. The molecule has 38 heavy (non-hydrogen) atoms. The number of fused-ring (bicyclic) bond motifs is 1. The van der Waals surface area contributed by atoms with Gasteiger partial charge in [-0.1, -0.05) is 35.5 Å². The molecule has 1 aliphatic heterocycles. The summed E-state index contributed by atoms with van der Waals surface area (Å²) >= 11 is 0. The number of hydrogen-bond acceptors (Lipinski definition) is 7. The number of aromatic nitrogens is 4. The third-order valence-electron chi connectivity index (χ3n) is 6.60. The molecule has 0 spiro atoms. The van der Waals surface area contributed by atoms with Gasteiger partial charge in [-0.3, -0.25) is 14.4 Å². The number of carbonyl (C=O) groups excluding carboxylic acids is 2. The van der Waals surface area contributed by atoms with Crippen LogP contribution in [0.1, 0.15) is 35.7 Å². The highest BCUT2D eigenvalue weighted by atomic mass is 16.5. The largest absolute Gasteiger partial charge is 0.463 e. The second kappa shape index (κ2) is 11.4.